The number of hydrogen-bond donors (Lipinski definition) is 2. The fraction of sp³-hybridized carbons (Fsp3) is 0.406. The van der Waals surface area contributed by atoms with Crippen LogP contribution in [0.4, 0.5) is 5.95 Å². The lowest BCUT2D eigenvalue weighted by molar-refractivity contribution is 0.157. The van der Waals surface area contributed by atoms with Gasteiger partial charge < -0.3 is 15.2 Å². The summed E-state index contributed by atoms with van der Waals surface area (Å²) in [7, 11) is 0. The van der Waals surface area contributed by atoms with E-state index in [2.05, 4.69) is 87.5 Å². The summed E-state index contributed by atoms with van der Waals surface area (Å²) in [6.07, 6.45) is 10.0. The van der Waals surface area contributed by atoms with Crippen LogP contribution in [0, 0.1) is 0 Å². The molecule has 1 atom stereocenters. The number of fused-ring (bicyclic) bond motifs is 3. The van der Waals surface area contributed by atoms with Crippen LogP contribution in [0.5, 0.6) is 0 Å². The van der Waals surface area contributed by atoms with Crippen LogP contribution < -0.4 is 10.6 Å². The molecule has 0 amide bonds. The van der Waals surface area contributed by atoms with Gasteiger partial charge in [-0.15, -0.1) is 6.58 Å². The monoisotopic (exact) mass is 521 g/mol. The molecular weight excluding hydrogens is 482 g/mol. The first-order chi connectivity index (χ1) is 19.2. The quantitative estimate of drug-likeness (QED) is 0.309. The van der Waals surface area contributed by atoms with E-state index in [0.717, 1.165) is 50.2 Å². The van der Waals surface area contributed by atoms with Gasteiger partial charge in [0, 0.05) is 37.6 Å². The summed E-state index contributed by atoms with van der Waals surface area (Å²) in [5.41, 5.74) is 7.65. The maximum Gasteiger partial charge on any atom is 0.224 e. The molecule has 2 aliphatic rings. The van der Waals surface area contributed by atoms with Crippen LogP contribution in [0.25, 0.3) is 11.2 Å². The lowest BCUT2D eigenvalue weighted by Crippen LogP contribution is -2.48. The Morgan fingerprint density at radius 3 is 2.38 bits per heavy atom. The van der Waals surface area contributed by atoms with Crippen molar-refractivity contribution in [1.82, 2.24) is 29.7 Å². The van der Waals surface area contributed by atoms with Crippen molar-refractivity contribution < 1.29 is 0 Å². The zero-order valence-corrected chi connectivity index (χ0v) is 22.9. The van der Waals surface area contributed by atoms with Crippen molar-refractivity contribution in [1.29, 1.82) is 0 Å². The van der Waals surface area contributed by atoms with Gasteiger partial charge in [-0.3, -0.25) is 4.90 Å². The molecule has 1 saturated heterocycles. The van der Waals surface area contributed by atoms with E-state index >= 15 is 0 Å². The van der Waals surface area contributed by atoms with Crippen molar-refractivity contribution in [2.24, 2.45) is 0 Å². The number of aryl methyl sites for hydroxylation is 2. The second kappa shape index (κ2) is 11.7. The molecule has 3 heterocycles. The number of nitrogens with zero attached hydrogens (tertiary/aromatic N) is 5. The molecule has 2 N–H and O–H groups in total. The smallest absolute Gasteiger partial charge is 0.224 e. The van der Waals surface area contributed by atoms with E-state index in [4.69, 9.17) is 4.98 Å². The Kier molecular flexibility index (Phi) is 7.70. The maximum atomic E-state index is 4.69. The van der Waals surface area contributed by atoms with Crippen LogP contribution in [0.3, 0.4) is 0 Å². The molecule has 202 valence electrons. The number of piperidine rings is 1. The second-order valence-electron chi connectivity index (χ2n) is 11.0. The van der Waals surface area contributed by atoms with Gasteiger partial charge in [0.1, 0.15) is 5.52 Å². The fourth-order valence-corrected chi connectivity index (χ4v) is 6.27. The van der Waals surface area contributed by atoms with Crippen molar-refractivity contribution in [2.45, 2.75) is 57.2 Å². The third kappa shape index (κ3) is 5.60. The van der Waals surface area contributed by atoms with Gasteiger partial charge in [0.2, 0.25) is 5.95 Å². The minimum absolute atomic E-state index is 0.406. The Hall–Kier alpha value is -3.55. The number of rotatable bonds is 9. The van der Waals surface area contributed by atoms with Crippen LogP contribution in [0.1, 0.15) is 47.9 Å². The molecular formula is C32H39N7. The SMILES string of the molecule is C=CCn1cnc2cnc(NCC(C)N3CCC(NCC4c5ccccc5CCc5ccccc54)CC3)nc21. The second-order valence-corrected chi connectivity index (χ2v) is 11.0. The summed E-state index contributed by atoms with van der Waals surface area (Å²) in [6, 6.07) is 19.1. The van der Waals surface area contributed by atoms with Gasteiger partial charge in [-0.2, -0.15) is 4.98 Å². The molecule has 39 heavy (non-hydrogen) atoms. The van der Waals surface area contributed by atoms with Crippen molar-refractivity contribution in [3.05, 3.63) is 96.0 Å². The summed E-state index contributed by atoms with van der Waals surface area (Å²) < 4.78 is 1.99. The van der Waals surface area contributed by atoms with Gasteiger partial charge in [-0.1, -0.05) is 54.6 Å². The summed E-state index contributed by atoms with van der Waals surface area (Å²) in [4.78, 5) is 16.1. The van der Waals surface area contributed by atoms with Crippen LogP contribution in [0.15, 0.2) is 73.7 Å². The number of imidazole rings is 1. The zero-order chi connectivity index (χ0) is 26.6. The van der Waals surface area contributed by atoms with E-state index in [-0.39, 0.29) is 0 Å². The Bertz CT molecular complexity index is 1370. The molecule has 4 aromatic rings. The number of aromatic nitrogens is 4. The summed E-state index contributed by atoms with van der Waals surface area (Å²) in [6.45, 7) is 10.8. The van der Waals surface area contributed by atoms with Crippen LogP contribution >= 0.6 is 0 Å². The lowest BCUT2D eigenvalue weighted by atomic mass is 9.87. The first-order valence-electron chi connectivity index (χ1n) is 14.3. The number of anilines is 1. The Labute approximate surface area is 231 Å². The van der Waals surface area contributed by atoms with Crippen LogP contribution in [-0.4, -0.2) is 62.7 Å². The molecule has 2 aromatic heterocycles. The van der Waals surface area contributed by atoms with E-state index in [9.17, 15) is 0 Å². The molecule has 1 aliphatic heterocycles. The van der Waals surface area contributed by atoms with Crippen molar-refractivity contribution in [3.8, 4) is 0 Å². The largest absolute Gasteiger partial charge is 0.353 e. The van der Waals surface area contributed by atoms with Gasteiger partial charge >= 0.3 is 0 Å². The number of allylic oxidation sites excluding steroid dienone is 1. The average Bonchev–Trinajstić information content (AvgIpc) is 3.30. The molecule has 1 fully saturated rings. The third-order valence-corrected chi connectivity index (χ3v) is 8.53. The zero-order valence-electron chi connectivity index (χ0n) is 22.9. The van der Waals surface area contributed by atoms with Gasteiger partial charge in [0.25, 0.3) is 0 Å². The van der Waals surface area contributed by atoms with Crippen LogP contribution in [0.2, 0.25) is 0 Å². The van der Waals surface area contributed by atoms with Crippen LogP contribution in [-0.2, 0) is 19.4 Å². The standard InChI is InChI=1S/C32H39N7/c1-3-16-39-22-36-30-21-35-32(37-31(30)39)34-19-23(2)38-17-14-26(15-18-38)33-20-29-27-10-6-4-8-24(27)12-13-25-9-5-7-11-28(25)29/h3-11,21-23,26,29,33H,1,12-20H2,2H3,(H,34,35,37). The molecule has 7 heteroatoms. The molecule has 0 saturated carbocycles. The molecule has 1 unspecified atom stereocenters. The fourth-order valence-electron chi connectivity index (χ4n) is 6.27. The van der Waals surface area contributed by atoms with E-state index in [1.54, 1.807) is 12.5 Å². The molecule has 6 rings (SSSR count). The van der Waals surface area contributed by atoms with E-state index in [1.807, 2.05) is 10.6 Å². The van der Waals surface area contributed by atoms with Gasteiger partial charge in [-0.05, 0) is 68.0 Å². The molecule has 0 bridgehead atoms. The topological polar surface area (TPSA) is 70.9 Å². The third-order valence-electron chi connectivity index (χ3n) is 8.53. The number of likely N-dealkylation sites (tertiary alicyclic amines) is 1. The highest BCUT2D eigenvalue weighted by atomic mass is 15.2. The highest BCUT2D eigenvalue weighted by molar-refractivity contribution is 5.70. The number of hydrogen-bond acceptors (Lipinski definition) is 6. The molecule has 1 aliphatic carbocycles. The maximum absolute atomic E-state index is 4.69. The first-order valence-corrected chi connectivity index (χ1v) is 14.3. The normalized spacial score (nSPS) is 17.4. The summed E-state index contributed by atoms with van der Waals surface area (Å²) in [5, 5.41) is 7.42. The highest BCUT2D eigenvalue weighted by Crippen LogP contribution is 2.34. The van der Waals surface area contributed by atoms with Crippen molar-refractivity contribution in [3.63, 3.8) is 0 Å². The number of nitrogens with one attached hydrogen (secondary N) is 2. The Morgan fingerprint density at radius 1 is 1.00 bits per heavy atom. The van der Waals surface area contributed by atoms with Gasteiger partial charge in [-0.25, -0.2) is 9.97 Å². The van der Waals surface area contributed by atoms with Crippen molar-refractivity contribution in [2.75, 3.05) is 31.5 Å². The minimum Gasteiger partial charge on any atom is -0.353 e. The lowest BCUT2D eigenvalue weighted by Gasteiger charge is -2.37. The summed E-state index contributed by atoms with van der Waals surface area (Å²) >= 11 is 0. The van der Waals surface area contributed by atoms with Crippen molar-refractivity contribution >= 4 is 17.1 Å². The first kappa shape index (κ1) is 25.7. The van der Waals surface area contributed by atoms with E-state index < -0.39 is 0 Å². The average molecular weight is 522 g/mol. The predicted octanol–water partition coefficient (Wildman–Crippen LogP) is 4.80. The molecule has 0 spiro atoms. The molecule has 2 aromatic carbocycles. The van der Waals surface area contributed by atoms with E-state index in [0.29, 0.717) is 30.5 Å². The predicted molar refractivity (Wildman–Crippen MR) is 158 cm³/mol. The Morgan fingerprint density at radius 2 is 1.69 bits per heavy atom. The Balaban J connectivity index is 1.03. The number of benzene rings is 2. The molecule has 7 nitrogen and oxygen atoms in total. The minimum atomic E-state index is 0.406. The van der Waals surface area contributed by atoms with Gasteiger partial charge in [0.05, 0.1) is 12.5 Å². The summed E-state index contributed by atoms with van der Waals surface area (Å²) in [5.74, 6) is 1.07. The highest BCUT2D eigenvalue weighted by Gasteiger charge is 2.26. The van der Waals surface area contributed by atoms with E-state index in [1.165, 1.54) is 35.1 Å². The van der Waals surface area contributed by atoms with Gasteiger partial charge in [0.15, 0.2) is 5.65 Å². The molecule has 0 radical (unpaired) electrons.